The maximum absolute atomic E-state index is 13.1. The van der Waals surface area contributed by atoms with Crippen molar-refractivity contribution in [1.82, 2.24) is 4.31 Å². The molecule has 1 aromatic carbocycles. The summed E-state index contributed by atoms with van der Waals surface area (Å²) in [5.41, 5.74) is 1.01. The molecule has 25 heavy (non-hydrogen) atoms. The minimum atomic E-state index is -3.15. The number of hydrogen-bond acceptors (Lipinski definition) is 4. The highest BCUT2D eigenvalue weighted by Gasteiger charge is 2.34. The van der Waals surface area contributed by atoms with Crippen molar-refractivity contribution in [3.63, 3.8) is 0 Å². The third kappa shape index (κ3) is 4.04. The smallest absolute Gasteiger partial charge is 0.230 e. The quantitative estimate of drug-likeness (QED) is 0.806. The summed E-state index contributed by atoms with van der Waals surface area (Å²) in [5.74, 6) is 0.186. The number of carbonyl (C=O) groups is 1. The van der Waals surface area contributed by atoms with Crippen LogP contribution in [0, 0.1) is 5.92 Å². The number of sulfonamides is 1. The van der Waals surface area contributed by atoms with Crippen LogP contribution in [0.2, 0.25) is 0 Å². The van der Waals surface area contributed by atoms with Gasteiger partial charge in [-0.25, -0.2) is 12.7 Å². The molecule has 7 heteroatoms. The molecule has 0 bridgehead atoms. The van der Waals surface area contributed by atoms with Gasteiger partial charge in [0.2, 0.25) is 15.9 Å². The Morgan fingerprint density at radius 2 is 1.84 bits per heavy atom. The summed E-state index contributed by atoms with van der Waals surface area (Å²) >= 11 is 1.83. The molecule has 1 aromatic rings. The Labute approximate surface area is 154 Å². The van der Waals surface area contributed by atoms with Crippen molar-refractivity contribution >= 4 is 33.4 Å². The van der Waals surface area contributed by atoms with Gasteiger partial charge in [0.05, 0.1) is 11.4 Å². The normalized spacial score (nSPS) is 23.1. The second-order valence-electron chi connectivity index (χ2n) is 6.75. The number of anilines is 1. The van der Waals surface area contributed by atoms with Crippen LogP contribution in [0.15, 0.2) is 29.2 Å². The molecule has 2 heterocycles. The maximum atomic E-state index is 13.1. The first-order valence-electron chi connectivity index (χ1n) is 8.97. The third-order valence-corrected chi connectivity index (χ3v) is 8.19. The molecule has 0 saturated carbocycles. The third-order valence-electron chi connectivity index (χ3n) is 5.07. The van der Waals surface area contributed by atoms with Gasteiger partial charge < -0.3 is 4.90 Å². The van der Waals surface area contributed by atoms with E-state index in [1.54, 1.807) is 6.92 Å². The Morgan fingerprint density at radius 1 is 1.16 bits per heavy atom. The van der Waals surface area contributed by atoms with E-state index in [0.717, 1.165) is 23.5 Å². The van der Waals surface area contributed by atoms with Gasteiger partial charge in [-0.3, -0.25) is 4.79 Å². The van der Waals surface area contributed by atoms with Crippen molar-refractivity contribution in [2.75, 3.05) is 30.3 Å². The Morgan fingerprint density at radius 3 is 2.52 bits per heavy atom. The number of carbonyl (C=O) groups excluding carboxylic acids is 1. The molecular weight excluding hydrogens is 356 g/mol. The van der Waals surface area contributed by atoms with Crippen molar-refractivity contribution in [3.05, 3.63) is 24.3 Å². The van der Waals surface area contributed by atoms with E-state index >= 15 is 0 Å². The monoisotopic (exact) mass is 382 g/mol. The van der Waals surface area contributed by atoms with E-state index in [0.29, 0.717) is 31.2 Å². The summed E-state index contributed by atoms with van der Waals surface area (Å²) in [4.78, 5) is 16.2. The number of nitrogens with zero attached hydrogens (tertiary/aromatic N) is 2. The molecule has 0 spiro atoms. The minimum Gasteiger partial charge on any atom is -0.311 e. The number of thioether (sulfide) groups is 1. The van der Waals surface area contributed by atoms with Crippen LogP contribution in [0.5, 0.6) is 0 Å². The van der Waals surface area contributed by atoms with Crippen LogP contribution in [0.25, 0.3) is 0 Å². The van der Waals surface area contributed by atoms with Crippen LogP contribution in [0.3, 0.4) is 0 Å². The summed E-state index contributed by atoms with van der Waals surface area (Å²) in [6.45, 7) is 5.50. The minimum absolute atomic E-state index is 0.0882. The highest BCUT2D eigenvalue weighted by atomic mass is 32.2. The maximum Gasteiger partial charge on any atom is 0.230 e. The van der Waals surface area contributed by atoms with Gasteiger partial charge in [0.1, 0.15) is 0 Å². The van der Waals surface area contributed by atoms with Crippen LogP contribution in [0.1, 0.15) is 33.1 Å². The zero-order valence-electron chi connectivity index (χ0n) is 14.8. The number of rotatable bonds is 3. The largest absolute Gasteiger partial charge is 0.311 e. The molecule has 1 fully saturated rings. The number of fused-ring (bicyclic) bond motifs is 1. The molecule has 3 rings (SSSR count). The topological polar surface area (TPSA) is 57.7 Å². The van der Waals surface area contributed by atoms with Crippen molar-refractivity contribution in [1.29, 1.82) is 0 Å². The molecule has 1 saturated heterocycles. The molecule has 1 atom stereocenters. The lowest BCUT2D eigenvalue weighted by atomic mass is 9.96. The van der Waals surface area contributed by atoms with E-state index in [1.807, 2.05) is 34.9 Å². The predicted octanol–water partition coefficient (Wildman–Crippen LogP) is 2.97. The molecule has 0 aliphatic carbocycles. The summed E-state index contributed by atoms with van der Waals surface area (Å²) in [7, 11) is -3.15. The molecule has 0 radical (unpaired) electrons. The van der Waals surface area contributed by atoms with E-state index in [2.05, 4.69) is 13.0 Å². The SMILES string of the molecule is CCS(=O)(=O)N1CCC(C(=O)N2CCC(C)Sc3ccccc32)CC1. The van der Waals surface area contributed by atoms with Crippen LogP contribution < -0.4 is 4.90 Å². The average Bonchev–Trinajstić information content (AvgIpc) is 2.79. The zero-order valence-corrected chi connectivity index (χ0v) is 16.5. The van der Waals surface area contributed by atoms with Crippen molar-refractivity contribution in [2.45, 2.75) is 43.3 Å². The fraction of sp³-hybridized carbons (Fsp3) is 0.611. The molecule has 2 aliphatic rings. The Hall–Kier alpha value is -1.05. The number of hydrogen-bond donors (Lipinski definition) is 0. The van der Waals surface area contributed by atoms with Gasteiger partial charge in [-0.2, -0.15) is 0 Å². The van der Waals surface area contributed by atoms with Gasteiger partial charge in [0.25, 0.3) is 0 Å². The van der Waals surface area contributed by atoms with Crippen molar-refractivity contribution in [3.8, 4) is 0 Å². The molecule has 1 amide bonds. The molecule has 0 aromatic heterocycles. The summed E-state index contributed by atoms with van der Waals surface area (Å²) in [5, 5.41) is 0.482. The van der Waals surface area contributed by atoms with Crippen molar-refractivity contribution < 1.29 is 13.2 Å². The molecule has 5 nitrogen and oxygen atoms in total. The zero-order chi connectivity index (χ0) is 18.0. The number of para-hydroxylation sites is 1. The van der Waals surface area contributed by atoms with Crippen molar-refractivity contribution in [2.24, 2.45) is 5.92 Å². The van der Waals surface area contributed by atoms with E-state index in [4.69, 9.17) is 0 Å². The van der Waals surface area contributed by atoms with E-state index in [-0.39, 0.29) is 17.6 Å². The van der Waals surface area contributed by atoms with Crippen LogP contribution in [0.4, 0.5) is 5.69 Å². The molecule has 1 unspecified atom stereocenters. The van der Waals surface area contributed by atoms with Gasteiger partial charge in [-0.1, -0.05) is 19.1 Å². The summed E-state index contributed by atoms with van der Waals surface area (Å²) < 4.78 is 25.5. The number of piperidine rings is 1. The molecule has 0 N–H and O–H groups in total. The molecular formula is C18H26N2O3S2. The van der Waals surface area contributed by atoms with Crippen LogP contribution >= 0.6 is 11.8 Å². The average molecular weight is 383 g/mol. The lowest BCUT2D eigenvalue weighted by Gasteiger charge is -2.33. The second-order valence-corrected chi connectivity index (χ2v) is 10.5. The first-order chi connectivity index (χ1) is 11.9. The first-order valence-corrected chi connectivity index (χ1v) is 11.5. The molecule has 2 aliphatic heterocycles. The summed E-state index contributed by atoms with van der Waals surface area (Å²) in [6.07, 6.45) is 2.19. The van der Waals surface area contributed by atoms with E-state index < -0.39 is 10.0 Å². The van der Waals surface area contributed by atoms with Crippen LogP contribution in [-0.4, -0.2) is 49.3 Å². The standard InChI is InChI=1S/C18H26N2O3S2/c1-3-25(22,23)19-11-9-15(10-12-19)18(21)20-13-8-14(2)24-17-7-5-4-6-16(17)20/h4-7,14-15H,3,8-13H2,1-2H3. The Kier molecular flexibility index (Phi) is 5.75. The Bertz CT molecular complexity index is 728. The second kappa shape index (κ2) is 7.68. The number of amides is 1. The van der Waals surface area contributed by atoms with E-state index in [9.17, 15) is 13.2 Å². The van der Waals surface area contributed by atoms with Gasteiger partial charge in [0.15, 0.2) is 0 Å². The highest BCUT2D eigenvalue weighted by molar-refractivity contribution is 8.00. The first kappa shape index (κ1) is 18.7. The fourth-order valence-corrected chi connectivity index (χ4v) is 5.74. The number of benzene rings is 1. The highest BCUT2D eigenvalue weighted by Crippen LogP contribution is 2.38. The lowest BCUT2D eigenvalue weighted by molar-refractivity contribution is -0.123. The fourth-order valence-electron chi connectivity index (χ4n) is 3.50. The van der Waals surface area contributed by atoms with Gasteiger partial charge >= 0.3 is 0 Å². The predicted molar refractivity (Wildman–Crippen MR) is 102 cm³/mol. The Balaban J connectivity index is 1.74. The van der Waals surface area contributed by atoms with Gasteiger partial charge in [0, 0.05) is 35.7 Å². The molecule has 138 valence electrons. The van der Waals surface area contributed by atoms with Gasteiger partial charge in [-0.05, 0) is 38.3 Å². The van der Waals surface area contributed by atoms with E-state index in [1.165, 1.54) is 4.31 Å². The van der Waals surface area contributed by atoms with Gasteiger partial charge in [-0.15, -0.1) is 11.8 Å². The summed E-state index contributed by atoms with van der Waals surface area (Å²) in [6, 6.07) is 8.10. The van der Waals surface area contributed by atoms with Crippen LogP contribution in [-0.2, 0) is 14.8 Å². The lowest BCUT2D eigenvalue weighted by Crippen LogP contribution is -2.45.